The predicted octanol–water partition coefficient (Wildman–Crippen LogP) is 3.65. The van der Waals surface area contributed by atoms with Crippen molar-refractivity contribution in [3.63, 3.8) is 0 Å². The number of unbranched alkanes of at least 4 members (excludes halogenated alkanes) is 2. The van der Waals surface area contributed by atoms with Crippen LogP contribution < -0.4 is 10.6 Å². The lowest BCUT2D eigenvalue weighted by atomic mass is 10.0. The van der Waals surface area contributed by atoms with Crippen molar-refractivity contribution in [2.24, 2.45) is 5.73 Å². The minimum atomic E-state index is 0.347. The van der Waals surface area contributed by atoms with E-state index in [0.717, 1.165) is 13.1 Å². The van der Waals surface area contributed by atoms with Gasteiger partial charge < -0.3 is 10.6 Å². The average molecular weight is 291 g/mol. The minimum absolute atomic E-state index is 0.347. The first-order valence-electron chi connectivity index (χ1n) is 8.35. The lowest BCUT2D eigenvalue weighted by Gasteiger charge is -2.31. The van der Waals surface area contributed by atoms with Gasteiger partial charge in [-0.2, -0.15) is 0 Å². The molecular weight excluding hydrogens is 258 g/mol. The number of nitrogens with two attached hydrogens (primary N) is 1. The van der Waals surface area contributed by atoms with E-state index in [4.69, 9.17) is 5.73 Å². The van der Waals surface area contributed by atoms with Gasteiger partial charge in [0.1, 0.15) is 0 Å². The van der Waals surface area contributed by atoms with Crippen molar-refractivity contribution in [1.29, 1.82) is 0 Å². The Hall–Kier alpha value is -1.06. The molecule has 0 bridgehead atoms. The summed E-state index contributed by atoms with van der Waals surface area (Å²) in [5.41, 5.74) is 8.68. The zero-order valence-corrected chi connectivity index (χ0v) is 14.3. The van der Waals surface area contributed by atoms with Crippen LogP contribution in [0, 0.1) is 0 Å². The molecule has 1 aromatic rings. The molecule has 0 fully saturated rings. The molecule has 0 amide bonds. The Bertz CT molecular complexity index is 365. The fourth-order valence-electron chi connectivity index (χ4n) is 2.64. The summed E-state index contributed by atoms with van der Waals surface area (Å²) in [5.74, 6) is 0. The summed E-state index contributed by atoms with van der Waals surface area (Å²) >= 11 is 0. The van der Waals surface area contributed by atoms with Gasteiger partial charge in [-0.15, -0.1) is 0 Å². The van der Waals surface area contributed by atoms with Gasteiger partial charge in [0, 0.05) is 32.4 Å². The van der Waals surface area contributed by atoms with E-state index in [0.29, 0.717) is 12.6 Å². The summed E-state index contributed by atoms with van der Waals surface area (Å²) in [6.45, 7) is 7.49. The highest BCUT2D eigenvalue weighted by Gasteiger charge is 2.18. The maximum Gasteiger partial charge on any atom is 0.0470 e. The average Bonchev–Trinajstić information content (AvgIpc) is 2.50. The van der Waals surface area contributed by atoms with Gasteiger partial charge in [0.05, 0.1) is 0 Å². The molecule has 21 heavy (non-hydrogen) atoms. The molecule has 3 nitrogen and oxygen atoms in total. The van der Waals surface area contributed by atoms with Crippen molar-refractivity contribution >= 4 is 5.69 Å². The van der Waals surface area contributed by atoms with Crippen molar-refractivity contribution in [2.75, 3.05) is 38.6 Å². The van der Waals surface area contributed by atoms with E-state index < -0.39 is 0 Å². The fourth-order valence-corrected chi connectivity index (χ4v) is 2.64. The molecule has 0 aliphatic heterocycles. The Morgan fingerprint density at radius 3 is 1.86 bits per heavy atom. The molecule has 0 aromatic heterocycles. The lowest BCUT2D eigenvalue weighted by Crippen LogP contribution is -2.35. The van der Waals surface area contributed by atoms with Crippen LogP contribution >= 0.6 is 0 Å². The third kappa shape index (κ3) is 5.68. The highest BCUT2D eigenvalue weighted by atomic mass is 15.2. The van der Waals surface area contributed by atoms with Gasteiger partial charge in [0.15, 0.2) is 0 Å². The highest BCUT2D eigenvalue weighted by Crippen LogP contribution is 2.23. The summed E-state index contributed by atoms with van der Waals surface area (Å²) in [5, 5.41) is 0. The molecule has 1 atom stereocenters. The van der Waals surface area contributed by atoms with E-state index >= 15 is 0 Å². The minimum Gasteiger partial charge on any atom is -0.378 e. The van der Waals surface area contributed by atoms with Crippen LogP contribution in [0.15, 0.2) is 24.3 Å². The standard InChI is InChI=1S/C18H33N3/c1-5-7-13-21(14-8-6-2)18(15-19)16-9-11-17(12-10-16)20(3)4/h9-12,18H,5-8,13-15,19H2,1-4H3. The van der Waals surface area contributed by atoms with Gasteiger partial charge >= 0.3 is 0 Å². The van der Waals surface area contributed by atoms with Crippen LogP contribution in [0.2, 0.25) is 0 Å². The lowest BCUT2D eigenvalue weighted by molar-refractivity contribution is 0.195. The number of hydrogen-bond acceptors (Lipinski definition) is 3. The maximum atomic E-state index is 6.09. The molecule has 0 radical (unpaired) electrons. The van der Waals surface area contributed by atoms with Gasteiger partial charge in [-0.3, -0.25) is 4.90 Å². The molecule has 0 heterocycles. The van der Waals surface area contributed by atoms with Crippen molar-refractivity contribution < 1.29 is 0 Å². The van der Waals surface area contributed by atoms with E-state index in [1.807, 2.05) is 0 Å². The van der Waals surface area contributed by atoms with E-state index in [-0.39, 0.29) is 0 Å². The number of rotatable bonds is 10. The van der Waals surface area contributed by atoms with Gasteiger partial charge in [-0.1, -0.05) is 38.8 Å². The second kappa shape index (κ2) is 9.80. The molecule has 120 valence electrons. The van der Waals surface area contributed by atoms with Crippen LogP contribution in [0.3, 0.4) is 0 Å². The monoisotopic (exact) mass is 291 g/mol. The van der Waals surface area contributed by atoms with Crippen molar-refractivity contribution in [1.82, 2.24) is 4.90 Å². The van der Waals surface area contributed by atoms with Gasteiger partial charge in [0.25, 0.3) is 0 Å². The quantitative estimate of drug-likeness (QED) is 0.714. The van der Waals surface area contributed by atoms with E-state index in [2.05, 4.69) is 62.0 Å². The molecular formula is C18H33N3. The number of anilines is 1. The Labute approximate surface area is 131 Å². The van der Waals surface area contributed by atoms with E-state index in [9.17, 15) is 0 Å². The molecule has 3 heteroatoms. The first kappa shape index (κ1) is 18.0. The third-order valence-corrected chi connectivity index (χ3v) is 4.06. The van der Waals surface area contributed by atoms with Crippen LogP contribution in [0.25, 0.3) is 0 Å². The summed E-state index contributed by atoms with van der Waals surface area (Å²) in [7, 11) is 4.15. The number of nitrogens with zero attached hydrogens (tertiary/aromatic N) is 2. The smallest absolute Gasteiger partial charge is 0.0470 e. The van der Waals surface area contributed by atoms with Gasteiger partial charge in [0.2, 0.25) is 0 Å². The van der Waals surface area contributed by atoms with Crippen LogP contribution in [0.1, 0.15) is 51.1 Å². The van der Waals surface area contributed by atoms with Crippen molar-refractivity contribution in [3.05, 3.63) is 29.8 Å². The number of benzene rings is 1. The van der Waals surface area contributed by atoms with Gasteiger partial charge in [-0.25, -0.2) is 0 Å². The molecule has 2 N–H and O–H groups in total. The molecule has 0 spiro atoms. The number of hydrogen-bond donors (Lipinski definition) is 1. The molecule has 1 unspecified atom stereocenters. The predicted molar refractivity (Wildman–Crippen MR) is 94.0 cm³/mol. The first-order chi connectivity index (χ1) is 10.1. The molecule has 1 aromatic carbocycles. The van der Waals surface area contributed by atoms with Crippen molar-refractivity contribution in [2.45, 2.75) is 45.6 Å². The SMILES string of the molecule is CCCCN(CCCC)C(CN)c1ccc(N(C)C)cc1. The zero-order valence-electron chi connectivity index (χ0n) is 14.3. The van der Waals surface area contributed by atoms with Crippen LogP contribution in [0.4, 0.5) is 5.69 Å². The fraction of sp³-hybridized carbons (Fsp3) is 0.667. The molecule has 0 aliphatic rings. The zero-order chi connectivity index (χ0) is 15.7. The summed E-state index contributed by atoms with van der Waals surface area (Å²) in [4.78, 5) is 4.70. The molecule has 1 rings (SSSR count). The van der Waals surface area contributed by atoms with Gasteiger partial charge in [-0.05, 0) is 43.6 Å². The van der Waals surface area contributed by atoms with Crippen LogP contribution in [-0.2, 0) is 0 Å². The van der Waals surface area contributed by atoms with E-state index in [1.54, 1.807) is 0 Å². The Morgan fingerprint density at radius 1 is 0.952 bits per heavy atom. The second-order valence-corrected chi connectivity index (χ2v) is 5.98. The van der Waals surface area contributed by atoms with Crippen molar-refractivity contribution in [3.8, 4) is 0 Å². The third-order valence-electron chi connectivity index (χ3n) is 4.06. The topological polar surface area (TPSA) is 32.5 Å². The molecule has 0 saturated carbocycles. The normalized spacial score (nSPS) is 12.7. The maximum absolute atomic E-state index is 6.09. The Balaban J connectivity index is 2.84. The van der Waals surface area contributed by atoms with E-state index in [1.165, 1.54) is 36.9 Å². The van der Waals surface area contributed by atoms with Crippen LogP contribution in [0.5, 0.6) is 0 Å². The summed E-state index contributed by atoms with van der Waals surface area (Å²) in [6, 6.07) is 9.19. The Morgan fingerprint density at radius 2 is 1.48 bits per heavy atom. The molecule has 0 aliphatic carbocycles. The largest absolute Gasteiger partial charge is 0.378 e. The first-order valence-corrected chi connectivity index (χ1v) is 8.35. The highest BCUT2D eigenvalue weighted by molar-refractivity contribution is 5.46. The second-order valence-electron chi connectivity index (χ2n) is 5.98. The molecule has 0 saturated heterocycles. The summed E-state index contributed by atoms with van der Waals surface area (Å²) < 4.78 is 0. The Kier molecular flexibility index (Phi) is 8.40. The van der Waals surface area contributed by atoms with Crippen LogP contribution in [-0.4, -0.2) is 38.6 Å². The summed E-state index contributed by atoms with van der Waals surface area (Å²) in [6.07, 6.45) is 4.96.